The number of ether oxygens (including phenoxy) is 1. The van der Waals surface area contributed by atoms with Crippen molar-refractivity contribution in [3.8, 4) is 0 Å². The molecule has 2 fully saturated rings. The second kappa shape index (κ2) is 5.56. The highest BCUT2D eigenvalue weighted by Crippen LogP contribution is 2.45. The van der Waals surface area contributed by atoms with E-state index in [1.165, 1.54) is 12.8 Å². The third-order valence-electron chi connectivity index (χ3n) is 3.83. The molecule has 0 spiro atoms. The fourth-order valence-electron chi connectivity index (χ4n) is 2.43. The number of nitrogens with two attached hydrogens (primary N) is 1. The number of nitrogens with one attached hydrogen (secondary N) is 1. The van der Waals surface area contributed by atoms with Gasteiger partial charge in [-0.05, 0) is 25.7 Å². The Bertz CT molecular complexity index is 333. The van der Waals surface area contributed by atoms with E-state index >= 15 is 0 Å². The van der Waals surface area contributed by atoms with E-state index in [0.717, 1.165) is 12.8 Å². The van der Waals surface area contributed by atoms with Crippen LogP contribution in [-0.2, 0) is 9.53 Å². The third-order valence-corrected chi connectivity index (χ3v) is 3.83. The molecule has 0 atom stereocenters. The van der Waals surface area contributed by atoms with E-state index in [0.29, 0.717) is 32.1 Å². The van der Waals surface area contributed by atoms with Crippen molar-refractivity contribution in [1.82, 2.24) is 5.32 Å². The molecule has 0 radical (unpaired) electrons. The van der Waals surface area contributed by atoms with E-state index in [-0.39, 0.29) is 11.7 Å². The molecule has 6 heteroatoms. The Kier molecular flexibility index (Phi) is 4.06. The molecule has 0 saturated heterocycles. The van der Waals surface area contributed by atoms with Crippen LogP contribution in [-0.4, -0.2) is 36.2 Å². The first-order valence-electron chi connectivity index (χ1n) is 6.57. The van der Waals surface area contributed by atoms with Gasteiger partial charge >= 0.3 is 0 Å². The maximum absolute atomic E-state index is 11.9. The van der Waals surface area contributed by atoms with Gasteiger partial charge in [-0.1, -0.05) is 18.0 Å². The summed E-state index contributed by atoms with van der Waals surface area (Å²) in [6.07, 6.45) is 6.40. The summed E-state index contributed by atoms with van der Waals surface area (Å²) < 4.78 is 5.65. The number of carbonyl (C=O) groups is 1. The van der Waals surface area contributed by atoms with Gasteiger partial charge in [-0.25, -0.2) is 0 Å². The fourth-order valence-corrected chi connectivity index (χ4v) is 2.43. The van der Waals surface area contributed by atoms with Crippen molar-refractivity contribution in [1.29, 1.82) is 0 Å². The Morgan fingerprint density at radius 3 is 2.67 bits per heavy atom. The van der Waals surface area contributed by atoms with Crippen molar-refractivity contribution in [3.63, 3.8) is 0 Å². The molecule has 2 aliphatic carbocycles. The zero-order valence-electron chi connectivity index (χ0n) is 10.5. The first-order chi connectivity index (χ1) is 8.69. The molecule has 2 aliphatic rings. The van der Waals surface area contributed by atoms with Gasteiger partial charge < -0.3 is 21.0 Å². The summed E-state index contributed by atoms with van der Waals surface area (Å²) in [6, 6.07) is 0. The van der Waals surface area contributed by atoms with Crippen LogP contribution in [0.4, 0.5) is 0 Å². The zero-order chi connectivity index (χ0) is 13.0. The van der Waals surface area contributed by atoms with E-state index in [1.54, 1.807) is 0 Å². The Balaban J connectivity index is 1.66. The molecule has 1 amide bonds. The molecule has 4 N–H and O–H groups in total. The lowest BCUT2D eigenvalue weighted by Crippen LogP contribution is -2.42. The normalized spacial score (nSPS) is 23.0. The molecular formula is C12H21N3O3. The predicted molar refractivity (Wildman–Crippen MR) is 66.3 cm³/mol. The minimum Gasteiger partial charge on any atom is -0.409 e. The quantitative estimate of drug-likeness (QED) is 0.213. The molecule has 0 aliphatic heterocycles. The lowest BCUT2D eigenvalue weighted by atomic mass is 10.1. The number of amidine groups is 1. The largest absolute Gasteiger partial charge is 0.409 e. The van der Waals surface area contributed by atoms with Crippen molar-refractivity contribution < 1.29 is 14.7 Å². The van der Waals surface area contributed by atoms with Gasteiger partial charge in [0.15, 0.2) is 5.84 Å². The van der Waals surface area contributed by atoms with Crippen LogP contribution in [0.25, 0.3) is 0 Å². The van der Waals surface area contributed by atoms with Gasteiger partial charge in [-0.15, -0.1) is 0 Å². The van der Waals surface area contributed by atoms with Crippen LogP contribution in [0.15, 0.2) is 5.16 Å². The molecule has 18 heavy (non-hydrogen) atoms. The summed E-state index contributed by atoms with van der Waals surface area (Å²) in [5.41, 5.74) is 4.76. The summed E-state index contributed by atoms with van der Waals surface area (Å²) in [5, 5.41) is 14.4. The number of hydrogen-bond donors (Lipinski definition) is 3. The highest BCUT2D eigenvalue weighted by Gasteiger charge is 2.54. The van der Waals surface area contributed by atoms with Gasteiger partial charge in [-0.2, -0.15) is 0 Å². The number of carbonyl (C=O) groups excluding carboxylic acids is 1. The first kappa shape index (κ1) is 13.1. The van der Waals surface area contributed by atoms with Crippen molar-refractivity contribution in [2.45, 2.75) is 44.6 Å². The lowest BCUT2D eigenvalue weighted by molar-refractivity contribution is -0.124. The van der Waals surface area contributed by atoms with Crippen molar-refractivity contribution >= 4 is 11.7 Å². The average molecular weight is 255 g/mol. The van der Waals surface area contributed by atoms with Gasteiger partial charge in [0, 0.05) is 6.54 Å². The topological polar surface area (TPSA) is 96.9 Å². The van der Waals surface area contributed by atoms with E-state index < -0.39 is 5.41 Å². The van der Waals surface area contributed by atoms with Gasteiger partial charge in [0.25, 0.3) is 0 Å². The van der Waals surface area contributed by atoms with Crippen molar-refractivity contribution in [2.24, 2.45) is 16.3 Å². The maximum Gasteiger partial charge on any atom is 0.234 e. The second-order valence-electron chi connectivity index (χ2n) is 5.10. The Morgan fingerprint density at radius 2 is 2.11 bits per heavy atom. The number of amides is 1. The molecule has 0 aromatic carbocycles. The monoisotopic (exact) mass is 255 g/mol. The predicted octanol–water partition coefficient (Wildman–Crippen LogP) is 0.588. The first-order valence-corrected chi connectivity index (χ1v) is 6.57. The number of rotatable bonds is 6. The van der Waals surface area contributed by atoms with Crippen molar-refractivity contribution in [3.05, 3.63) is 0 Å². The minimum absolute atomic E-state index is 0.0108. The van der Waals surface area contributed by atoms with E-state index in [1.807, 2.05) is 0 Å². The van der Waals surface area contributed by atoms with E-state index in [4.69, 9.17) is 15.7 Å². The summed E-state index contributed by atoms with van der Waals surface area (Å²) in [7, 11) is 0. The summed E-state index contributed by atoms with van der Waals surface area (Å²) in [5.74, 6) is -0.149. The Labute approximate surface area is 107 Å². The smallest absolute Gasteiger partial charge is 0.234 e. The van der Waals surface area contributed by atoms with E-state index in [9.17, 15) is 4.79 Å². The molecule has 0 bridgehead atoms. The zero-order valence-corrected chi connectivity index (χ0v) is 10.5. The van der Waals surface area contributed by atoms with Crippen LogP contribution < -0.4 is 11.1 Å². The molecule has 0 aromatic rings. The van der Waals surface area contributed by atoms with E-state index in [2.05, 4.69) is 10.5 Å². The Hall–Kier alpha value is -1.30. The SMILES string of the molecule is NC(=NO)C1(C(=O)NCCOC2CCCC2)CC1. The third kappa shape index (κ3) is 2.75. The van der Waals surface area contributed by atoms with Crippen LogP contribution >= 0.6 is 0 Å². The molecule has 0 heterocycles. The van der Waals surface area contributed by atoms with Crippen LogP contribution in [0.3, 0.4) is 0 Å². The van der Waals surface area contributed by atoms with Gasteiger partial charge in [0.2, 0.25) is 5.91 Å². The van der Waals surface area contributed by atoms with Crippen LogP contribution in [0.5, 0.6) is 0 Å². The highest BCUT2D eigenvalue weighted by atomic mass is 16.5. The maximum atomic E-state index is 11.9. The number of hydrogen-bond acceptors (Lipinski definition) is 4. The van der Waals surface area contributed by atoms with Gasteiger partial charge in [0.1, 0.15) is 5.41 Å². The lowest BCUT2D eigenvalue weighted by Gasteiger charge is -2.15. The minimum atomic E-state index is -0.762. The average Bonchev–Trinajstić information content (AvgIpc) is 3.04. The summed E-state index contributed by atoms with van der Waals surface area (Å²) in [6.45, 7) is 1.01. The number of nitrogens with zero attached hydrogens (tertiary/aromatic N) is 1. The van der Waals surface area contributed by atoms with Gasteiger partial charge in [-0.3, -0.25) is 4.79 Å². The molecule has 0 unspecified atom stereocenters. The summed E-state index contributed by atoms with van der Waals surface area (Å²) >= 11 is 0. The van der Waals surface area contributed by atoms with Gasteiger partial charge in [0.05, 0.1) is 12.7 Å². The summed E-state index contributed by atoms with van der Waals surface area (Å²) in [4.78, 5) is 11.9. The van der Waals surface area contributed by atoms with Crippen LogP contribution in [0.1, 0.15) is 38.5 Å². The molecule has 102 valence electrons. The number of oxime groups is 1. The Morgan fingerprint density at radius 1 is 1.44 bits per heavy atom. The molecule has 2 rings (SSSR count). The molecular weight excluding hydrogens is 234 g/mol. The van der Waals surface area contributed by atoms with Crippen LogP contribution in [0, 0.1) is 5.41 Å². The fraction of sp³-hybridized carbons (Fsp3) is 0.833. The highest BCUT2D eigenvalue weighted by molar-refractivity contribution is 6.09. The standard InChI is InChI=1S/C12H21N3O3/c13-10(15-17)12(5-6-12)11(16)14-7-8-18-9-3-1-2-4-9/h9,17H,1-8H2,(H2,13,15)(H,14,16). The van der Waals surface area contributed by atoms with Crippen LogP contribution in [0.2, 0.25) is 0 Å². The molecule has 2 saturated carbocycles. The molecule has 6 nitrogen and oxygen atoms in total. The molecule has 0 aromatic heterocycles. The second-order valence-corrected chi connectivity index (χ2v) is 5.10. The van der Waals surface area contributed by atoms with Crippen molar-refractivity contribution in [2.75, 3.05) is 13.2 Å².